The number of nitrogens with one attached hydrogen (secondary N) is 2. The predicted octanol–water partition coefficient (Wildman–Crippen LogP) is -2.40. The molecule has 1 unspecified atom stereocenters. The van der Waals surface area contributed by atoms with Crippen LogP contribution in [0, 0.1) is 0 Å². The molecule has 3 saturated heterocycles. The van der Waals surface area contributed by atoms with E-state index in [1.54, 1.807) is 23.5 Å². The van der Waals surface area contributed by atoms with Crippen molar-refractivity contribution in [3.63, 3.8) is 0 Å². The first-order valence-electron chi connectivity index (χ1n) is 21.5. The molecule has 0 bridgehead atoms. The van der Waals surface area contributed by atoms with Gasteiger partial charge in [0.15, 0.2) is 6.79 Å². The Labute approximate surface area is 405 Å². The van der Waals surface area contributed by atoms with Gasteiger partial charge in [0.25, 0.3) is 0 Å². The minimum Gasteiger partial charge on any atom is -0.455 e. The zero-order valence-electron chi connectivity index (χ0n) is 38.0. The van der Waals surface area contributed by atoms with E-state index in [-0.39, 0.29) is 101 Å². The molecule has 0 aliphatic carbocycles. The van der Waals surface area contributed by atoms with E-state index >= 15 is 0 Å². The van der Waals surface area contributed by atoms with E-state index < -0.39 is 88.0 Å². The minimum atomic E-state index is -1.10. The number of aliphatic hydroxyl groups excluding tert-OH is 5. The maximum atomic E-state index is 13.8. The van der Waals surface area contributed by atoms with E-state index in [0.717, 1.165) is 65.5 Å². The highest BCUT2D eigenvalue weighted by molar-refractivity contribution is 8.00. The fourth-order valence-electron chi connectivity index (χ4n) is 6.78. The smallest absolute Gasteiger partial charge is 0.338 e. The molecule has 3 aliphatic rings. The van der Waals surface area contributed by atoms with Crippen LogP contribution in [0.25, 0.3) is 0 Å². The highest BCUT2D eigenvalue weighted by atomic mass is 32.2. The average molecular weight is 1020 g/mol. The number of urea groups is 3. The Morgan fingerprint density at radius 3 is 1.25 bits per heavy atom. The number of hydrogen-bond acceptors (Lipinski definition) is 21. The molecule has 4 rings (SSSR count). The van der Waals surface area contributed by atoms with Gasteiger partial charge >= 0.3 is 36.0 Å². The zero-order chi connectivity index (χ0) is 50.3. The zero-order valence-corrected chi connectivity index (χ0v) is 39.6. The SMILES string of the molecule is COCNC(=O)CCSCCCSCCC(=O)NCOCOCN1CC(OC(=O)c2cc(C(=O)OC3CN(CO)C(=O)N(CO)C3)cc(C(=O)OC3CN(CO)C(=O)N(CO)C3)c2)CN(CO)C1=O. The maximum absolute atomic E-state index is 13.8. The molecule has 1 atom stereocenters. The molecule has 7 N–H and O–H groups in total. The molecule has 1 aromatic rings. The fraction of sp³-hybridized carbons (Fsp3) is 0.650. The first-order valence-corrected chi connectivity index (χ1v) is 23.8. The number of benzene rings is 1. The molecule has 3 fully saturated rings. The highest BCUT2D eigenvalue weighted by Gasteiger charge is 2.37. The third kappa shape index (κ3) is 17.9. The summed E-state index contributed by atoms with van der Waals surface area (Å²) in [5.41, 5.74) is -1.10. The first-order chi connectivity index (χ1) is 33.2. The Morgan fingerprint density at radius 2 is 0.884 bits per heavy atom. The minimum absolute atomic E-state index is 0.0600. The van der Waals surface area contributed by atoms with Crippen molar-refractivity contribution in [1.82, 2.24) is 40.0 Å². The quantitative estimate of drug-likeness (QED) is 0.0190. The van der Waals surface area contributed by atoms with Crippen molar-refractivity contribution >= 4 is 71.3 Å². The highest BCUT2D eigenvalue weighted by Crippen LogP contribution is 2.21. The van der Waals surface area contributed by atoms with Gasteiger partial charge < -0.3 is 64.6 Å². The van der Waals surface area contributed by atoms with Gasteiger partial charge in [-0.1, -0.05) is 0 Å². The summed E-state index contributed by atoms with van der Waals surface area (Å²) in [5, 5.41) is 53.7. The molecule has 0 spiro atoms. The number of carbonyl (C=O) groups is 8. The average Bonchev–Trinajstić information content (AvgIpc) is 3.35. The second kappa shape index (κ2) is 29.7. The predicted molar refractivity (Wildman–Crippen MR) is 239 cm³/mol. The molecule has 8 amide bonds. The molecule has 3 heterocycles. The molecule has 3 aliphatic heterocycles. The van der Waals surface area contributed by atoms with E-state index in [2.05, 4.69) is 10.6 Å². The summed E-state index contributed by atoms with van der Waals surface area (Å²) in [6, 6.07) is 1.06. The summed E-state index contributed by atoms with van der Waals surface area (Å²) in [7, 11) is 1.50. The van der Waals surface area contributed by atoms with E-state index in [4.69, 9.17) is 28.4 Å². The monoisotopic (exact) mass is 1020 g/mol. The number of esters is 3. The summed E-state index contributed by atoms with van der Waals surface area (Å²) in [6.45, 7) is -6.04. The molecule has 0 radical (unpaired) electrons. The maximum Gasteiger partial charge on any atom is 0.338 e. The van der Waals surface area contributed by atoms with Gasteiger partial charge in [-0.15, -0.1) is 0 Å². The van der Waals surface area contributed by atoms with Crippen molar-refractivity contribution < 1.29 is 92.3 Å². The Bertz CT molecular complexity index is 1800. The van der Waals surface area contributed by atoms with Crippen LogP contribution in [0.15, 0.2) is 18.2 Å². The van der Waals surface area contributed by atoms with Gasteiger partial charge in [-0.25, -0.2) is 28.8 Å². The molecule has 29 heteroatoms. The number of thioether (sulfide) groups is 2. The fourth-order valence-corrected chi connectivity index (χ4v) is 8.73. The third-order valence-electron chi connectivity index (χ3n) is 10.2. The summed E-state index contributed by atoms with van der Waals surface area (Å²) in [5.74, 6) is -0.504. The van der Waals surface area contributed by atoms with E-state index in [1.807, 2.05) is 0 Å². The van der Waals surface area contributed by atoms with Gasteiger partial charge in [-0.3, -0.25) is 39.0 Å². The molecule has 69 heavy (non-hydrogen) atoms. The molecule has 0 aromatic heterocycles. The van der Waals surface area contributed by atoms with E-state index in [0.29, 0.717) is 17.9 Å². The van der Waals surface area contributed by atoms with Crippen LogP contribution >= 0.6 is 23.5 Å². The first kappa shape index (κ1) is 56.3. The number of hydrogen-bond donors (Lipinski definition) is 7. The van der Waals surface area contributed by atoms with Crippen LogP contribution in [-0.2, 0) is 38.0 Å². The van der Waals surface area contributed by atoms with Crippen molar-refractivity contribution in [2.24, 2.45) is 0 Å². The summed E-state index contributed by atoms with van der Waals surface area (Å²) < 4.78 is 32.4. The molecule has 0 saturated carbocycles. The molecule has 1 aromatic carbocycles. The Morgan fingerprint density at radius 1 is 0.536 bits per heavy atom. The number of nitrogens with zero attached hydrogens (tertiary/aromatic N) is 6. The van der Waals surface area contributed by atoms with Crippen LogP contribution in [0.4, 0.5) is 14.4 Å². The molecular weight excluding hydrogens is 961 g/mol. The number of rotatable bonds is 29. The third-order valence-corrected chi connectivity index (χ3v) is 12.3. The van der Waals surface area contributed by atoms with Crippen molar-refractivity contribution in [2.75, 3.05) is 130 Å². The number of ether oxygens (including phenoxy) is 6. The standard InChI is InChI=1S/C40H60N8O19S2/c1-62-18-41-33(54)3-7-68-5-2-6-69-8-4-34(55)42-19-63-26-64-25-48-17-32(16-47(24-53)40(48)61)67-37(58)29-10-27(35(56)65-30-12-43(20-49)38(59)44(13-30)21-50)9-28(11-29)36(57)66-31-14-45(22-51)39(60)46(15-31)23-52/h9-11,30-32,49-53H,2-8,12-26H2,1H3,(H,41,54)(H,42,55). The van der Waals surface area contributed by atoms with E-state index in [9.17, 15) is 63.9 Å². The van der Waals surface area contributed by atoms with Crippen LogP contribution in [0.5, 0.6) is 0 Å². The normalized spacial score (nSPS) is 17.1. The summed E-state index contributed by atoms with van der Waals surface area (Å²) >= 11 is 3.31. The van der Waals surface area contributed by atoms with Gasteiger partial charge in [-0.05, 0) is 36.1 Å². The van der Waals surface area contributed by atoms with Crippen LogP contribution < -0.4 is 10.6 Å². The van der Waals surface area contributed by atoms with Crippen LogP contribution in [0.1, 0.15) is 50.3 Å². The number of aliphatic hydroxyl groups is 5. The molecule has 386 valence electrons. The van der Waals surface area contributed by atoms with Gasteiger partial charge in [0, 0.05) is 31.5 Å². The van der Waals surface area contributed by atoms with Crippen molar-refractivity contribution in [3.05, 3.63) is 34.9 Å². The van der Waals surface area contributed by atoms with Crippen molar-refractivity contribution in [2.45, 2.75) is 37.6 Å². The Hall–Kier alpha value is -5.24. The van der Waals surface area contributed by atoms with Crippen LogP contribution in [0.2, 0.25) is 0 Å². The van der Waals surface area contributed by atoms with Gasteiger partial charge in [0.05, 0.1) is 56.0 Å². The van der Waals surface area contributed by atoms with Gasteiger partial charge in [0.1, 0.15) is 72.2 Å². The number of amides is 8. The topological polar surface area (TPSA) is 337 Å². The lowest BCUT2D eigenvalue weighted by atomic mass is 10.0. The largest absolute Gasteiger partial charge is 0.455 e. The molecule has 27 nitrogen and oxygen atoms in total. The Kier molecular flexibility index (Phi) is 24.3. The second-order valence-electron chi connectivity index (χ2n) is 15.3. The van der Waals surface area contributed by atoms with Crippen molar-refractivity contribution in [1.29, 1.82) is 0 Å². The van der Waals surface area contributed by atoms with Crippen LogP contribution in [0.3, 0.4) is 0 Å². The van der Waals surface area contributed by atoms with Crippen molar-refractivity contribution in [3.8, 4) is 0 Å². The lowest BCUT2D eigenvalue weighted by Gasteiger charge is -2.38. The van der Waals surface area contributed by atoms with Crippen LogP contribution in [-0.4, -0.2) is 251 Å². The lowest BCUT2D eigenvalue weighted by Crippen LogP contribution is -2.57. The number of methoxy groups -OCH3 is 1. The second-order valence-corrected chi connectivity index (χ2v) is 17.7. The van der Waals surface area contributed by atoms with Gasteiger partial charge in [0.2, 0.25) is 11.8 Å². The summed E-state index contributed by atoms with van der Waals surface area (Å²) in [6.07, 6.45) is -1.66. The van der Waals surface area contributed by atoms with Gasteiger partial charge in [-0.2, -0.15) is 23.5 Å². The molecular formula is C40H60N8O19S2. The summed E-state index contributed by atoms with van der Waals surface area (Å²) in [4.78, 5) is 108. The lowest BCUT2D eigenvalue weighted by molar-refractivity contribution is -0.127. The number of carbonyl (C=O) groups excluding carboxylic acids is 8. The Balaban J connectivity index is 1.31. The van der Waals surface area contributed by atoms with E-state index in [1.165, 1.54) is 7.11 Å².